The summed E-state index contributed by atoms with van der Waals surface area (Å²) in [4.78, 5) is 12.6. The second kappa shape index (κ2) is 5.60. The molecule has 23 heavy (non-hydrogen) atoms. The third-order valence-corrected chi connectivity index (χ3v) is 5.02. The Bertz CT molecular complexity index is 803. The van der Waals surface area contributed by atoms with E-state index in [-0.39, 0.29) is 11.4 Å². The predicted molar refractivity (Wildman–Crippen MR) is 91.9 cm³/mol. The van der Waals surface area contributed by atoms with Gasteiger partial charge in [0.15, 0.2) is 0 Å². The van der Waals surface area contributed by atoms with E-state index in [2.05, 4.69) is 10.4 Å². The minimum Gasteiger partial charge on any atom is -0.306 e. The van der Waals surface area contributed by atoms with Gasteiger partial charge in [-0.1, -0.05) is 17.7 Å². The molecule has 0 unspecified atom stereocenters. The molecular weight excluding hydrogens is 310 g/mol. The molecule has 0 aliphatic carbocycles. The highest BCUT2D eigenvalue weighted by Crippen LogP contribution is 2.33. The van der Waals surface area contributed by atoms with Crippen LogP contribution >= 0.6 is 0 Å². The lowest BCUT2D eigenvalue weighted by Gasteiger charge is -2.23. The number of fused-ring (bicyclic) bond motifs is 1. The van der Waals surface area contributed by atoms with Crippen molar-refractivity contribution in [2.45, 2.75) is 44.7 Å². The van der Waals surface area contributed by atoms with Crippen LogP contribution in [0.2, 0.25) is 0 Å². The maximum Gasteiger partial charge on any atom is 0.256 e. The average molecular weight is 331 g/mol. The number of carbonyl (C=O) groups excluding carboxylic acids is 1. The standard InChI is InChI=1S/C17H21N3O2S/c1-11-6-5-7-12(8-11)16(21)18-15-13-9-23(22)10-14(13)19-20(15)17(2,3)4/h5-8H,9-10H2,1-4H3,(H,18,21)/t23-/m1/s1. The number of rotatable bonds is 2. The van der Waals surface area contributed by atoms with Gasteiger partial charge < -0.3 is 5.32 Å². The van der Waals surface area contributed by atoms with Gasteiger partial charge in [-0.25, -0.2) is 4.68 Å². The maximum atomic E-state index is 12.6. The van der Waals surface area contributed by atoms with Gasteiger partial charge in [-0.15, -0.1) is 0 Å². The van der Waals surface area contributed by atoms with E-state index in [4.69, 9.17) is 0 Å². The van der Waals surface area contributed by atoms with Crippen molar-refractivity contribution in [1.82, 2.24) is 9.78 Å². The molecule has 3 rings (SSSR count). The van der Waals surface area contributed by atoms with Gasteiger partial charge in [0.25, 0.3) is 5.91 Å². The molecule has 1 aromatic heterocycles. The summed E-state index contributed by atoms with van der Waals surface area (Å²) in [6, 6.07) is 7.46. The maximum absolute atomic E-state index is 12.6. The Morgan fingerprint density at radius 3 is 2.70 bits per heavy atom. The van der Waals surface area contributed by atoms with Gasteiger partial charge in [0.1, 0.15) is 5.82 Å². The molecule has 1 amide bonds. The largest absolute Gasteiger partial charge is 0.306 e. The van der Waals surface area contributed by atoms with Crippen LogP contribution in [0.4, 0.5) is 5.82 Å². The first-order valence-electron chi connectivity index (χ1n) is 7.60. The van der Waals surface area contributed by atoms with Crippen molar-refractivity contribution < 1.29 is 9.00 Å². The van der Waals surface area contributed by atoms with E-state index in [1.54, 1.807) is 6.07 Å². The number of hydrogen-bond donors (Lipinski definition) is 1. The Morgan fingerprint density at radius 1 is 1.30 bits per heavy atom. The normalized spacial score (nSPS) is 17.1. The molecule has 1 atom stereocenters. The number of benzene rings is 1. The van der Waals surface area contributed by atoms with Crippen LogP contribution < -0.4 is 5.32 Å². The third kappa shape index (κ3) is 3.08. The minimum atomic E-state index is -0.924. The van der Waals surface area contributed by atoms with Gasteiger partial charge in [-0.3, -0.25) is 9.00 Å². The van der Waals surface area contributed by atoms with Crippen molar-refractivity contribution in [3.63, 3.8) is 0 Å². The number of nitrogens with zero attached hydrogens (tertiary/aromatic N) is 2. The molecule has 0 radical (unpaired) electrons. The van der Waals surface area contributed by atoms with Crippen LogP contribution in [0.15, 0.2) is 24.3 Å². The number of nitrogens with one attached hydrogen (secondary N) is 1. The Morgan fingerprint density at radius 2 is 2.04 bits per heavy atom. The summed E-state index contributed by atoms with van der Waals surface area (Å²) in [7, 11) is -0.924. The highest BCUT2D eigenvalue weighted by atomic mass is 32.2. The zero-order valence-corrected chi connectivity index (χ0v) is 14.7. The fourth-order valence-corrected chi connectivity index (χ4v) is 3.97. The lowest BCUT2D eigenvalue weighted by atomic mass is 10.1. The third-order valence-electron chi connectivity index (χ3n) is 3.82. The van der Waals surface area contributed by atoms with Crippen molar-refractivity contribution in [2.24, 2.45) is 0 Å². The molecule has 2 aromatic rings. The van der Waals surface area contributed by atoms with Gasteiger partial charge in [0, 0.05) is 21.9 Å². The molecule has 0 spiro atoms. The number of carbonyl (C=O) groups is 1. The van der Waals surface area contributed by atoms with Gasteiger partial charge in [0.2, 0.25) is 0 Å². The zero-order valence-electron chi connectivity index (χ0n) is 13.8. The predicted octanol–water partition coefficient (Wildman–Crippen LogP) is 2.96. The fraction of sp³-hybridized carbons (Fsp3) is 0.412. The summed E-state index contributed by atoms with van der Waals surface area (Å²) in [6.45, 7) is 8.06. The first-order chi connectivity index (χ1) is 10.8. The Balaban J connectivity index is 1.99. The summed E-state index contributed by atoms with van der Waals surface area (Å²) in [5.74, 6) is 1.42. The molecule has 122 valence electrons. The van der Waals surface area contributed by atoms with Gasteiger partial charge in [-0.2, -0.15) is 5.10 Å². The highest BCUT2D eigenvalue weighted by Gasteiger charge is 2.31. The fourth-order valence-electron chi connectivity index (χ4n) is 2.71. The second-order valence-electron chi connectivity index (χ2n) is 6.91. The van der Waals surface area contributed by atoms with Crippen molar-refractivity contribution in [3.05, 3.63) is 46.6 Å². The second-order valence-corrected chi connectivity index (χ2v) is 8.37. The Kier molecular flexibility index (Phi) is 3.88. The zero-order chi connectivity index (χ0) is 16.8. The van der Waals surface area contributed by atoms with Crippen molar-refractivity contribution in [1.29, 1.82) is 0 Å². The van der Waals surface area contributed by atoms with Crippen LogP contribution in [0.1, 0.15) is 48.0 Å². The summed E-state index contributed by atoms with van der Waals surface area (Å²) in [5.41, 5.74) is 3.12. The number of aromatic nitrogens is 2. The molecule has 0 saturated heterocycles. The molecule has 1 aromatic carbocycles. The molecule has 1 N–H and O–H groups in total. The summed E-state index contributed by atoms with van der Waals surface area (Å²) in [6.07, 6.45) is 0. The molecular formula is C17H21N3O2S. The number of anilines is 1. The van der Waals surface area contributed by atoms with Crippen molar-refractivity contribution in [3.8, 4) is 0 Å². The molecule has 0 saturated carbocycles. The SMILES string of the molecule is Cc1cccc(C(=O)Nc2c3c(nn2C(C)(C)C)C[S@](=O)C3)c1. The first kappa shape index (κ1) is 15.9. The number of amides is 1. The van der Waals surface area contributed by atoms with Crippen LogP contribution in [0.3, 0.4) is 0 Å². The topological polar surface area (TPSA) is 64.0 Å². The average Bonchev–Trinajstić information content (AvgIpc) is 2.96. The molecule has 2 heterocycles. The Hall–Kier alpha value is -1.95. The van der Waals surface area contributed by atoms with E-state index in [1.807, 2.05) is 50.6 Å². The van der Waals surface area contributed by atoms with E-state index < -0.39 is 10.8 Å². The quantitative estimate of drug-likeness (QED) is 0.920. The van der Waals surface area contributed by atoms with Crippen LogP contribution in [0, 0.1) is 6.92 Å². The molecule has 0 fully saturated rings. The lowest BCUT2D eigenvalue weighted by molar-refractivity contribution is 0.102. The molecule has 5 nitrogen and oxygen atoms in total. The van der Waals surface area contributed by atoms with E-state index in [0.29, 0.717) is 22.9 Å². The van der Waals surface area contributed by atoms with Crippen LogP contribution in [-0.2, 0) is 27.8 Å². The smallest absolute Gasteiger partial charge is 0.256 e. The molecule has 1 aliphatic rings. The van der Waals surface area contributed by atoms with E-state index in [9.17, 15) is 9.00 Å². The Labute approximate surface area is 138 Å². The summed E-state index contributed by atoms with van der Waals surface area (Å²) < 4.78 is 13.7. The van der Waals surface area contributed by atoms with Crippen LogP contribution in [0.5, 0.6) is 0 Å². The van der Waals surface area contributed by atoms with E-state index in [0.717, 1.165) is 16.8 Å². The van der Waals surface area contributed by atoms with Gasteiger partial charge in [-0.05, 0) is 39.8 Å². The minimum absolute atomic E-state index is 0.167. The van der Waals surface area contributed by atoms with E-state index >= 15 is 0 Å². The highest BCUT2D eigenvalue weighted by molar-refractivity contribution is 7.83. The lowest BCUT2D eigenvalue weighted by Crippen LogP contribution is -2.27. The summed E-state index contributed by atoms with van der Waals surface area (Å²) in [5, 5.41) is 7.57. The first-order valence-corrected chi connectivity index (χ1v) is 9.09. The van der Waals surface area contributed by atoms with Crippen molar-refractivity contribution in [2.75, 3.05) is 5.32 Å². The van der Waals surface area contributed by atoms with Gasteiger partial charge >= 0.3 is 0 Å². The van der Waals surface area contributed by atoms with Gasteiger partial charge in [0.05, 0.1) is 22.7 Å². The number of hydrogen-bond acceptors (Lipinski definition) is 3. The van der Waals surface area contributed by atoms with Crippen molar-refractivity contribution >= 4 is 22.5 Å². The van der Waals surface area contributed by atoms with Crippen LogP contribution in [0.25, 0.3) is 0 Å². The molecule has 0 bridgehead atoms. The summed E-state index contributed by atoms with van der Waals surface area (Å²) >= 11 is 0. The van der Waals surface area contributed by atoms with E-state index in [1.165, 1.54) is 0 Å². The number of aryl methyl sites for hydroxylation is 1. The monoisotopic (exact) mass is 331 g/mol. The van der Waals surface area contributed by atoms with Crippen LogP contribution in [-0.4, -0.2) is 19.9 Å². The molecule has 1 aliphatic heterocycles. The molecule has 6 heteroatoms.